The number of rotatable bonds is 4. The summed E-state index contributed by atoms with van der Waals surface area (Å²) < 4.78 is 26.0. The van der Waals surface area contributed by atoms with E-state index in [0.29, 0.717) is 6.54 Å². The van der Waals surface area contributed by atoms with Crippen molar-refractivity contribution >= 4 is 11.6 Å². The summed E-state index contributed by atoms with van der Waals surface area (Å²) in [5.41, 5.74) is 8.08. The van der Waals surface area contributed by atoms with Gasteiger partial charge in [-0.25, -0.2) is 8.78 Å². The Morgan fingerprint density at radius 3 is 2.26 bits per heavy atom. The van der Waals surface area contributed by atoms with Crippen molar-refractivity contribution in [2.24, 2.45) is 5.73 Å². The van der Waals surface area contributed by atoms with Crippen LogP contribution in [0.15, 0.2) is 42.5 Å². The minimum absolute atomic E-state index is 0.0473. The van der Waals surface area contributed by atoms with Gasteiger partial charge in [-0.3, -0.25) is 0 Å². The topological polar surface area (TPSA) is 46.2 Å². The average Bonchev–Trinajstić information content (AvgIpc) is 3.10. The van der Waals surface area contributed by atoms with E-state index in [1.807, 2.05) is 31.2 Å². The van der Waals surface area contributed by atoms with Crippen LogP contribution in [0.1, 0.15) is 47.4 Å². The third-order valence-corrected chi connectivity index (χ3v) is 5.13. The molecule has 2 aromatic carbocycles. The summed E-state index contributed by atoms with van der Waals surface area (Å²) in [6.07, 6.45) is -2.71. The van der Waals surface area contributed by atoms with E-state index in [1.165, 1.54) is 12.1 Å². The number of phenols is 1. The molecule has 2 nitrogen and oxygen atoms in total. The molecular formula is C18H18ClF2NO. The number of benzene rings is 2. The summed E-state index contributed by atoms with van der Waals surface area (Å²) in [5, 5.41) is 9.55. The molecule has 1 aliphatic carbocycles. The van der Waals surface area contributed by atoms with Crippen molar-refractivity contribution in [2.75, 3.05) is 0 Å². The first-order valence-corrected chi connectivity index (χ1v) is 7.82. The molecule has 0 aromatic heterocycles. The third kappa shape index (κ3) is 2.81. The molecule has 3 unspecified atom stereocenters. The molecule has 122 valence electrons. The van der Waals surface area contributed by atoms with Crippen molar-refractivity contribution in [3.63, 3.8) is 0 Å². The van der Waals surface area contributed by atoms with Crippen LogP contribution in [-0.4, -0.2) is 9.98 Å². The second kappa shape index (κ2) is 5.77. The third-order valence-electron chi connectivity index (χ3n) is 4.66. The van der Waals surface area contributed by atoms with Crippen LogP contribution < -0.4 is 5.73 Å². The van der Waals surface area contributed by atoms with E-state index in [-0.39, 0.29) is 23.1 Å². The summed E-state index contributed by atoms with van der Waals surface area (Å²) in [4.78, 5) is -0.527. The highest BCUT2D eigenvalue weighted by atomic mass is 35.5. The van der Waals surface area contributed by atoms with Crippen LogP contribution in [0.25, 0.3) is 0 Å². The predicted molar refractivity (Wildman–Crippen MR) is 87.1 cm³/mol. The van der Waals surface area contributed by atoms with Gasteiger partial charge in [0, 0.05) is 18.4 Å². The highest BCUT2D eigenvalue weighted by Crippen LogP contribution is 2.67. The number of nitrogens with two attached hydrogens (primary N) is 1. The molecule has 1 saturated carbocycles. The first-order valence-electron chi connectivity index (χ1n) is 7.45. The predicted octanol–water partition coefficient (Wildman–Crippen LogP) is 4.67. The second-order valence-corrected chi connectivity index (χ2v) is 6.99. The van der Waals surface area contributed by atoms with Crippen molar-refractivity contribution in [1.82, 2.24) is 0 Å². The van der Waals surface area contributed by atoms with Gasteiger partial charge in [-0.1, -0.05) is 30.3 Å². The lowest BCUT2D eigenvalue weighted by Gasteiger charge is -2.07. The van der Waals surface area contributed by atoms with Crippen molar-refractivity contribution in [3.8, 4) is 5.75 Å². The Hall–Kier alpha value is -1.65. The van der Waals surface area contributed by atoms with Crippen molar-refractivity contribution in [2.45, 2.75) is 36.6 Å². The van der Waals surface area contributed by atoms with Crippen LogP contribution in [0.4, 0.5) is 8.78 Å². The lowest BCUT2D eigenvalue weighted by molar-refractivity contribution is 0.147. The standard InChI is InChI=1S/C18H18ClF2NO/c1-18(19)15(11-4-2-10(9-22)3-5-11)16(18)12-6-7-14(23)13(8-12)17(20)21/h2-8,15-17,23H,9,22H2,1H3. The number of alkyl halides is 3. The maximum atomic E-state index is 13.0. The molecule has 3 rings (SSSR count). The quantitative estimate of drug-likeness (QED) is 0.796. The molecule has 1 aliphatic rings. The van der Waals surface area contributed by atoms with E-state index in [1.54, 1.807) is 6.07 Å². The molecule has 23 heavy (non-hydrogen) atoms. The van der Waals surface area contributed by atoms with Crippen LogP contribution in [0.2, 0.25) is 0 Å². The van der Waals surface area contributed by atoms with Gasteiger partial charge in [-0.15, -0.1) is 11.6 Å². The number of aromatic hydroxyl groups is 1. The highest BCUT2D eigenvalue weighted by Gasteiger charge is 2.61. The largest absolute Gasteiger partial charge is 0.507 e. The molecule has 0 aliphatic heterocycles. The van der Waals surface area contributed by atoms with Gasteiger partial charge in [-0.05, 0) is 35.7 Å². The van der Waals surface area contributed by atoms with E-state index in [4.69, 9.17) is 17.3 Å². The van der Waals surface area contributed by atoms with Crippen LogP contribution in [0, 0.1) is 0 Å². The molecule has 5 heteroatoms. The minimum atomic E-state index is -2.71. The van der Waals surface area contributed by atoms with Crippen molar-refractivity contribution in [3.05, 3.63) is 64.7 Å². The van der Waals surface area contributed by atoms with E-state index in [9.17, 15) is 13.9 Å². The van der Waals surface area contributed by atoms with Gasteiger partial charge in [0.15, 0.2) is 0 Å². The fourth-order valence-corrected chi connectivity index (χ4v) is 3.76. The molecule has 0 spiro atoms. The van der Waals surface area contributed by atoms with Gasteiger partial charge in [-0.2, -0.15) is 0 Å². The first-order chi connectivity index (χ1) is 10.9. The van der Waals surface area contributed by atoms with Gasteiger partial charge in [0.1, 0.15) is 5.75 Å². The summed E-state index contributed by atoms with van der Waals surface area (Å²) in [6.45, 7) is 2.39. The highest BCUT2D eigenvalue weighted by molar-refractivity contribution is 6.27. The van der Waals surface area contributed by atoms with Crippen LogP contribution in [0.5, 0.6) is 5.75 Å². The van der Waals surface area contributed by atoms with Gasteiger partial charge >= 0.3 is 0 Å². The van der Waals surface area contributed by atoms with E-state index in [0.717, 1.165) is 16.7 Å². The zero-order valence-electron chi connectivity index (χ0n) is 12.6. The normalized spacial score (nSPS) is 26.5. The Labute approximate surface area is 138 Å². The Balaban J connectivity index is 1.92. The van der Waals surface area contributed by atoms with E-state index < -0.39 is 11.3 Å². The maximum absolute atomic E-state index is 13.0. The summed E-state index contributed by atoms with van der Waals surface area (Å²) in [5.74, 6) is -0.401. The Kier molecular flexibility index (Phi) is 4.07. The fraction of sp³-hybridized carbons (Fsp3) is 0.333. The zero-order chi connectivity index (χ0) is 16.8. The summed E-state index contributed by atoms with van der Waals surface area (Å²) in [7, 11) is 0. The number of hydrogen-bond donors (Lipinski definition) is 2. The average molecular weight is 338 g/mol. The number of phenolic OH excluding ortho intramolecular Hbond substituents is 1. The molecular weight excluding hydrogens is 320 g/mol. The number of hydrogen-bond acceptors (Lipinski definition) is 2. The van der Waals surface area contributed by atoms with Crippen LogP contribution in [0.3, 0.4) is 0 Å². The molecule has 3 atom stereocenters. The van der Waals surface area contributed by atoms with Crippen LogP contribution in [-0.2, 0) is 6.54 Å². The summed E-state index contributed by atoms with van der Waals surface area (Å²) in [6, 6.07) is 12.2. The molecule has 0 saturated heterocycles. The van der Waals surface area contributed by atoms with Gasteiger partial charge in [0.25, 0.3) is 6.43 Å². The van der Waals surface area contributed by atoms with Crippen molar-refractivity contribution in [1.29, 1.82) is 0 Å². The Morgan fingerprint density at radius 2 is 1.70 bits per heavy atom. The SMILES string of the molecule is CC1(Cl)C(c2ccc(CN)cc2)C1c1ccc(O)c(C(F)F)c1. The Bertz CT molecular complexity index is 715. The van der Waals surface area contributed by atoms with E-state index in [2.05, 4.69) is 0 Å². The second-order valence-electron chi connectivity index (χ2n) is 6.17. The van der Waals surface area contributed by atoms with E-state index >= 15 is 0 Å². The monoisotopic (exact) mass is 337 g/mol. The number of halogens is 3. The molecule has 0 heterocycles. The summed E-state index contributed by atoms with van der Waals surface area (Å²) >= 11 is 6.61. The van der Waals surface area contributed by atoms with Gasteiger partial charge in [0.2, 0.25) is 0 Å². The lowest BCUT2D eigenvalue weighted by Crippen LogP contribution is -1.97. The smallest absolute Gasteiger partial charge is 0.267 e. The molecule has 3 N–H and O–H groups in total. The zero-order valence-corrected chi connectivity index (χ0v) is 13.4. The first kappa shape index (κ1) is 16.2. The molecule has 2 aromatic rings. The van der Waals surface area contributed by atoms with Crippen LogP contribution >= 0.6 is 11.6 Å². The molecule has 1 fully saturated rings. The van der Waals surface area contributed by atoms with Gasteiger partial charge in [0.05, 0.1) is 10.4 Å². The lowest BCUT2D eigenvalue weighted by atomic mass is 10.0. The van der Waals surface area contributed by atoms with Crippen molar-refractivity contribution < 1.29 is 13.9 Å². The molecule has 0 bridgehead atoms. The molecule has 0 amide bonds. The fourth-order valence-electron chi connectivity index (χ4n) is 3.32. The maximum Gasteiger partial charge on any atom is 0.267 e. The van der Waals surface area contributed by atoms with Gasteiger partial charge < -0.3 is 10.8 Å². The molecule has 0 radical (unpaired) electrons. The Morgan fingerprint density at radius 1 is 1.13 bits per heavy atom. The minimum Gasteiger partial charge on any atom is -0.507 e.